The van der Waals surface area contributed by atoms with Gasteiger partial charge >= 0.3 is 0 Å². The van der Waals surface area contributed by atoms with Crippen molar-refractivity contribution in [1.82, 2.24) is 24.3 Å². The fourth-order valence-electron chi connectivity index (χ4n) is 6.38. The van der Waals surface area contributed by atoms with Crippen LogP contribution >= 0.6 is 23.2 Å². The van der Waals surface area contributed by atoms with E-state index in [2.05, 4.69) is 27.0 Å². The highest BCUT2D eigenvalue weighted by atomic mass is 35.5. The van der Waals surface area contributed by atoms with Gasteiger partial charge in [-0.1, -0.05) is 48.0 Å². The Balaban J connectivity index is 1.55. The average Bonchev–Trinajstić information content (AvgIpc) is 3.40. The SMILES string of the molecule is C=CC(=O)N1CC[C@H](n2cnc3c(N4CC(N(C)C)C4)nc4c(F)c(-c5cccc(C)c5Cl)c(Cl)cc4c32)C[C@H]1CC#N. The molecule has 0 bridgehead atoms. The molecule has 0 saturated carbocycles. The van der Waals surface area contributed by atoms with Crippen LogP contribution in [-0.4, -0.2) is 76.1 Å². The van der Waals surface area contributed by atoms with Crippen molar-refractivity contribution in [1.29, 1.82) is 5.26 Å². The number of piperidine rings is 1. The van der Waals surface area contributed by atoms with Crippen molar-refractivity contribution in [2.45, 2.75) is 44.3 Å². The summed E-state index contributed by atoms with van der Waals surface area (Å²) < 4.78 is 18.8. The maximum absolute atomic E-state index is 16.7. The third-order valence-electron chi connectivity index (χ3n) is 8.89. The molecule has 222 valence electrons. The van der Waals surface area contributed by atoms with Crippen LogP contribution in [0.15, 0.2) is 43.2 Å². The van der Waals surface area contributed by atoms with E-state index in [1.165, 1.54) is 6.08 Å². The van der Waals surface area contributed by atoms with E-state index < -0.39 is 5.82 Å². The van der Waals surface area contributed by atoms with Crippen LogP contribution in [-0.2, 0) is 4.79 Å². The number of likely N-dealkylation sites (N-methyl/N-ethyl adjacent to an activating group) is 1. The molecule has 4 heterocycles. The van der Waals surface area contributed by atoms with Gasteiger partial charge in [0.15, 0.2) is 11.6 Å². The number of anilines is 1. The number of likely N-dealkylation sites (tertiary alicyclic amines) is 1. The van der Waals surface area contributed by atoms with Crippen LogP contribution in [0.1, 0.15) is 30.9 Å². The van der Waals surface area contributed by atoms with Crippen molar-refractivity contribution in [2.24, 2.45) is 0 Å². The molecule has 2 saturated heterocycles. The molecule has 11 heteroatoms. The van der Waals surface area contributed by atoms with Gasteiger partial charge in [-0.15, -0.1) is 0 Å². The summed E-state index contributed by atoms with van der Waals surface area (Å²) >= 11 is 13.5. The molecule has 2 aromatic heterocycles. The Morgan fingerprint density at radius 2 is 2.05 bits per heavy atom. The lowest BCUT2D eigenvalue weighted by molar-refractivity contribution is -0.130. The van der Waals surface area contributed by atoms with E-state index in [4.69, 9.17) is 33.2 Å². The number of carbonyl (C=O) groups excluding carboxylic acids is 1. The quantitative estimate of drug-likeness (QED) is 0.233. The largest absolute Gasteiger partial charge is 0.351 e. The Kier molecular flexibility index (Phi) is 7.80. The molecule has 0 N–H and O–H groups in total. The highest BCUT2D eigenvalue weighted by Gasteiger charge is 2.35. The van der Waals surface area contributed by atoms with Crippen molar-refractivity contribution in [2.75, 3.05) is 38.6 Å². The van der Waals surface area contributed by atoms with E-state index >= 15 is 4.39 Å². The van der Waals surface area contributed by atoms with Crippen molar-refractivity contribution in [3.8, 4) is 17.2 Å². The topological polar surface area (TPSA) is 81.3 Å². The Morgan fingerprint density at radius 1 is 1.28 bits per heavy atom. The van der Waals surface area contributed by atoms with Crippen LogP contribution in [0.4, 0.5) is 10.2 Å². The second kappa shape index (κ2) is 11.4. The Labute approximate surface area is 259 Å². The summed E-state index contributed by atoms with van der Waals surface area (Å²) in [4.78, 5) is 28.3. The van der Waals surface area contributed by atoms with Gasteiger partial charge in [0, 0.05) is 54.3 Å². The second-order valence-electron chi connectivity index (χ2n) is 11.6. The van der Waals surface area contributed by atoms with Crippen molar-refractivity contribution >= 4 is 56.9 Å². The smallest absolute Gasteiger partial charge is 0.246 e. The first kappa shape index (κ1) is 29.4. The minimum Gasteiger partial charge on any atom is -0.351 e. The lowest BCUT2D eigenvalue weighted by atomic mass is 9.94. The van der Waals surface area contributed by atoms with Crippen LogP contribution in [0.25, 0.3) is 33.1 Å². The van der Waals surface area contributed by atoms with Crippen LogP contribution in [0.2, 0.25) is 10.0 Å². The molecule has 0 spiro atoms. The summed E-state index contributed by atoms with van der Waals surface area (Å²) in [5.74, 6) is -0.102. The van der Waals surface area contributed by atoms with Gasteiger partial charge in [0.2, 0.25) is 5.91 Å². The fourth-order valence-corrected chi connectivity index (χ4v) is 6.89. The summed E-state index contributed by atoms with van der Waals surface area (Å²) in [5.41, 5.74) is 3.15. The van der Waals surface area contributed by atoms with E-state index in [-0.39, 0.29) is 40.5 Å². The molecule has 43 heavy (non-hydrogen) atoms. The van der Waals surface area contributed by atoms with Gasteiger partial charge in [0.25, 0.3) is 0 Å². The fraction of sp³-hybridized carbons (Fsp3) is 0.375. The standard InChI is InChI=1S/C32H32Cl2FN7O/c1-5-25(43)41-12-10-20(13-19(41)9-11-36)42-17-37-30-31(42)23-14-24(33)26(22-8-6-7-18(2)27(22)34)28(35)29(23)38-32(30)40-15-21(16-40)39(3)4/h5-8,14,17,19-21H,1,9-10,12-13,15-16H2,2-4H3/t19-,20+/m1/s1. The number of nitrogens with zero attached hydrogens (tertiary/aromatic N) is 7. The zero-order valence-corrected chi connectivity index (χ0v) is 25.8. The molecule has 2 fully saturated rings. The summed E-state index contributed by atoms with van der Waals surface area (Å²) in [6.07, 6.45) is 4.47. The number of aromatic nitrogens is 3. The normalized spacial score (nSPS) is 19.2. The van der Waals surface area contributed by atoms with Crippen LogP contribution in [0, 0.1) is 24.1 Å². The first-order valence-corrected chi connectivity index (χ1v) is 15.0. The number of hydrogen-bond donors (Lipinski definition) is 0. The maximum Gasteiger partial charge on any atom is 0.246 e. The summed E-state index contributed by atoms with van der Waals surface area (Å²) in [5, 5.41) is 10.7. The van der Waals surface area contributed by atoms with Gasteiger partial charge in [-0.25, -0.2) is 14.4 Å². The Bertz CT molecular complexity index is 1810. The number of imidazole rings is 1. The lowest BCUT2D eigenvalue weighted by Crippen LogP contribution is -2.57. The van der Waals surface area contributed by atoms with Gasteiger partial charge in [0.1, 0.15) is 11.0 Å². The number of amides is 1. The molecule has 8 nitrogen and oxygen atoms in total. The predicted octanol–water partition coefficient (Wildman–Crippen LogP) is 6.39. The van der Waals surface area contributed by atoms with Crippen LogP contribution in [0.5, 0.6) is 0 Å². The molecule has 1 amide bonds. The van der Waals surface area contributed by atoms with Gasteiger partial charge in [-0.05, 0) is 51.6 Å². The average molecular weight is 621 g/mol. The number of pyridine rings is 1. The molecule has 0 aliphatic carbocycles. The number of rotatable bonds is 6. The van der Waals surface area contributed by atoms with E-state index in [1.54, 1.807) is 23.4 Å². The summed E-state index contributed by atoms with van der Waals surface area (Å²) in [6, 6.07) is 9.45. The number of benzene rings is 2. The first-order valence-electron chi connectivity index (χ1n) is 14.3. The van der Waals surface area contributed by atoms with Gasteiger partial charge in [0.05, 0.1) is 34.4 Å². The number of hydrogen-bond acceptors (Lipinski definition) is 6. The second-order valence-corrected chi connectivity index (χ2v) is 12.4. The highest BCUT2D eigenvalue weighted by molar-refractivity contribution is 6.37. The number of carbonyl (C=O) groups is 1. The molecular weight excluding hydrogens is 588 g/mol. The van der Waals surface area contributed by atoms with E-state index in [0.29, 0.717) is 52.7 Å². The van der Waals surface area contributed by atoms with Gasteiger partial charge < -0.3 is 19.3 Å². The zero-order valence-electron chi connectivity index (χ0n) is 24.3. The molecule has 6 rings (SSSR count). The zero-order chi connectivity index (χ0) is 30.6. The third kappa shape index (κ3) is 4.92. The van der Waals surface area contributed by atoms with Gasteiger partial charge in [-0.2, -0.15) is 5.26 Å². The molecular formula is C32H32Cl2FN7O. The van der Waals surface area contributed by atoms with E-state index in [1.807, 2.05) is 33.2 Å². The summed E-state index contributed by atoms with van der Waals surface area (Å²) in [6.45, 7) is 7.45. The van der Waals surface area contributed by atoms with Gasteiger partial charge in [-0.3, -0.25) is 4.79 Å². The molecule has 2 aromatic carbocycles. The number of aryl methyl sites for hydroxylation is 1. The molecule has 0 radical (unpaired) electrons. The molecule has 2 aliphatic rings. The van der Waals surface area contributed by atoms with E-state index in [0.717, 1.165) is 24.2 Å². The molecule has 2 aliphatic heterocycles. The van der Waals surface area contributed by atoms with Crippen molar-refractivity contribution in [3.63, 3.8) is 0 Å². The Morgan fingerprint density at radius 3 is 2.74 bits per heavy atom. The molecule has 0 unspecified atom stereocenters. The lowest BCUT2D eigenvalue weighted by Gasteiger charge is -2.43. The monoisotopic (exact) mass is 619 g/mol. The van der Waals surface area contributed by atoms with Crippen LogP contribution in [0.3, 0.4) is 0 Å². The molecule has 4 aromatic rings. The first-order chi connectivity index (χ1) is 20.6. The minimum absolute atomic E-state index is 0.0747. The third-order valence-corrected chi connectivity index (χ3v) is 9.69. The predicted molar refractivity (Wildman–Crippen MR) is 169 cm³/mol. The van der Waals surface area contributed by atoms with Crippen molar-refractivity contribution < 1.29 is 9.18 Å². The maximum atomic E-state index is 16.7. The minimum atomic E-state index is -0.538. The number of fused-ring (bicyclic) bond motifs is 3. The molecule has 2 atom stereocenters. The van der Waals surface area contributed by atoms with E-state index in [9.17, 15) is 10.1 Å². The Hall–Kier alpha value is -3.71. The number of nitriles is 1. The summed E-state index contributed by atoms with van der Waals surface area (Å²) in [7, 11) is 4.08. The number of halogens is 3. The highest BCUT2D eigenvalue weighted by Crippen LogP contribution is 2.44. The van der Waals surface area contributed by atoms with Crippen LogP contribution < -0.4 is 4.90 Å². The van der Waals surface area contributed by atoms with Crippen molar-refractivity contribution in [3.05, 3.63) is 64.7 Å².